The van der Waals surface area contributed by atoms with Crippen molar-refractivity contribution in [1.82, 2.24) is 4.98 Å². The summed E-state index contributed by atoms with van der Waals surface area (Å²) < 4.78 is 11.2. The minimum absolute atomic E-state index is 0.0826. The van der Waals surface area contributed by atoms with Crippen LogP contribution in [-0.2, 0) is 17.0 Å². The van der Waals surface area contributed by atoms with Crippen LogP contribution < -0.4 is 14.8 Å². The van der Waals surface area contributed by atoms with Crippen LogP contribution in [0.5, 0.6) is 11.5 Å². The molecule has 150 valence electrons. The van der Waals surface area contributed by atoms with Crippen LogP contribution in [0.3, 0.4) is 0 Å². The molecule has 2 aromatic carbocycles. The maximum Gasteiger partial charge on any atom is 0.224 e. The SMILES string of the molecule is COc1cccc(-c2nc(CSCCOc3ccc4c(c3)CCC(=O)N4)cs2)c1. The highest BCUT2D eigenvalue weighted by Crippen LogP contribution is 2.29. The summed E-state index contributed by atoms with van der Waals surface area (Å²) in [6.45, 7) is 0.642. The Hall–Kier alpha value is -2.51. The molecule has 1 N–H and O–H groups in total. The monoisotopic (exact) mass is 426 g/mol. The van der Waals surface area contributed by atoms with Crippen molar-refractivity contribution < 1.29 is 14.3 Å². The third-order valence-electron chi connectivity index (χ3n) is 4.59. The summed E-state index contributed by atoms with van der Waals surface area (Å²) in [5.74, 6) is 3.53. The normalized spacial score (nSPS) is 12.9. The number of thioether (sulfide) groups is 1. The average molecular weight is 427 g/mol. The number of thiazole rings is 1. The number of hydrogen-bond acceptors (Lipinski definition) is 6. The van der Waals surface area contributed by atoms with Crippen molar-refractivity contribution in [3.63, 3.8) is 0 Å². The molecule has 3 aromatic rings. The summed E-state index contributed by atoms with van der Waals surface area (Å²) in [6, 6.07) is 13.8. The van der Waals surface area contributed by atoms with Gasteiger partial charge in [-0.15, -0.1) is 11.3 Å². The van der Waals surface area contributed by atoms with Gasteiger partial charge in [0.05, 0.1) is 19.4 Å². The predicted octanol–water partition coefficient (Wildman–Crippen LogP) is 5.02. The quantitative estimate of drug-likeness (QED) is 0.513. The molecule has 7 heteroatoms. The first kappa shape index (κ1) is 19.8. The second kappa shape index (κ2) is 9.33. The molecule has 0 saturated carbocycles. The lowest BCUT2D eigenvalue weighted by Gasteiger charge is -2.17. The molecule has 0 aliphatic carbocycles. The lowest BCUT2D eigenvalue weighted by Crippen LogP contribution is -2.18. The van der Waals surface area contributed by atoms with Gasteiger partial charge in [-0.25, -0.2) is 4.98 Å². The van der Waals surface area contributed by atoms with Crippen LogP contribution >= 0.6 is 23.1 Å². The Kier molecular flexibility index (Phi) is 6.36. The number of carbonyl (C=O) groups is 1. The smallest absolute Gasteiger partial charge is 0.224 e. The number of ether oxygens (including phenoxy) is 2. The van der Waals surface area contributed by atoms with Crippen LogP contribution in [0.15, 0.2) is 47.8 Å². The highest BCUT2D eigenvalue weighted by atomic mass is 32.2. The number of nitrogens with one attached hydrogen (secondary N) is 1. The van der Waals surface area contributed by atoms with E-state index in [1.165, 1.54) is 0 Å². The van der Waals surface area contributed by atoms with Crippen molar-refractivity contribution in [2.45, 2.75) is 18.6 Å². The summed E-state index contributed by atoms with van der Waals surface area (Å²) in [7, 11) is 1.67. The maximum atomic E-state index is 11.4. The highest BCUT2D eigenvalue weighted by Gasteiger charge is 2.15. The number of fused-ring (bicyclic) bond motifs is 1. The maximum absolute atomic E-state index is 11.4. The lowest BCUT2D eigenvalue weighted by atomic mass is 10.0. The molecule has 0 radical (unpaired) electrons. The van der Waals surface area contributed by atoms with E-state index in [4.69, 9.17) is 14.5 Å². The number of aryl methyl sites for hydroxylation is 1. The van der Waals surface area contributed by atoms with Crippen molar-refractivity contribution >= 4 is 34.7 Å². The van der Waals surface area contributed by atoms with E-state index in [0.29, 0.717) is 13.0 Å². The molecule has 5 nitrogen and oxygen atoms in total. The molecule has 0 spiro atoms. The zero-order valence-corrected chi connectivity index (χ0v) is 17.8. The van der Waals surface area contributed by atoms with Crippen LogP contribution in [-0.4, -0.2) is 30.4 Å². The molecule has 0 saturated heterocycles. The first-order valence-electron chi connectivity index (χ1n) is 9.43. The molecule has 0 unspecified atom stereocenters. The zero-order chi connectivity index (χ0) is 20.1. The van der Waals surface area contributed by atoms with Gasteiger partial charge in [0.15, 0.2) is 0 Å². The first-order chi connectivity index (χ1) is 14.2. The van der Waals surface area contributed by atoms with Crippen molar-refractivity contribution in [1.29, 1.82) is 0 Å². The summed E-state index contributed by atoms with van der Waals surface area (Å²) in [4.78, 5) is 16.2. The Morgan fingerprint density at radius 2 is 2.10 bits per heavy atom. The Balaban J connectivity index is 1.23. The van der Waals surface area contributed by atoms with Gasteiger partial charge in [0.2, 0.25) is 5.91 Å². The van der Waals surface area contributed by atoms with Gasteiger partial charge in [0.25, 0.3) is 0 Å². The van der Waals surface area contributed by atoms with Crippen molar-refractivity contribution in [2.75, 3.05) is 24.8 Å². The minimum atomic E-state index is 0.0826. The van der Waals surface area contributed by atoms with E-state index < -0.39 is 0 Å². The van der Waals surface area contributed by atoms with E-state index >= 15 is 0 Å². The molecule has 1 aliphatic heterocycles. The summed E-state index contributed by atoms with van der Waals surface area (Å²) in [6.07, 6.45) is 1.31. The van der Waals surface area contributed by atoms with Crippen LogP contribution in [0.2, 0.25) is 0 Å². The van der Waals surface area contributed by atoms with E-state index in [2.05, 4.69) is 16.8 Å². The molecule has 29 heavy (non-hydrogen) atoms. The van der Waals surface area contributed by atoms with Crippen LogP contribution in [0.4, 0.5) is 5.69 Å². The number of methoxy groups -OCH3 is 1. The molecule has 4 rings (SSSR count). The van der Waals surface area contributed by atoms with Gasteiger partial charge >= 0.3 is 0 Å². The molecular weight excluding hydrogens is 404 g/mol. The first-order valence-corrected chi connectivity index (χ1v) is 11.5. The fraction of sp³-hybridized carbons (Fsp3) is 0.273. The molecule has 0 bridgehead atoms. The standard InChI is InChI=1S/C22H22N2O3S2/c1-26-18-4-2-3-16(12-18)22-23-17(14-29-22)13-28-10-9-27-19-6-7-20-15(11-19)5-8-21(25)24-20/h2-4,6-7,11-12,14H,5,8-10,13H2,1H3,(H,24,25). The predicted molar refractivity (Wildman–Crippen MR) is 119 cm³/mol. The molecule has 1 amide bonds. The minimum Gasteiger partial charge on any atom is -0.497 e. The van der Waals surface area contributed by atoms with Gasteiger partial charge in [-0.1, -0.05) is 12.1 Å². The molecule has 2 heterocycles. The lowest BCUT2D eigenvalue weighted by molar-refractivity contribution is -0.116. The second-order valence-electron chi connectivity index (χ2n) is 6.64. The van der Waals surface area contributed by atoms with Gasteiger partial charge in [-0.3, -0.25) is 4.79 Å². The van der Waals surface area contributed by atoms with Gasteiger partial charge in [-0.2, -0.15) is 11.8 Å². The molecule has 0 atom stereocenters. The Labute approximate surface area is 178 Å². The van der Waals surface area contributed by atoms with Gasteiger partial charge in [0.1, 0.15) is 16.5 Å². The van der Waals surface area contributed by atoms with E-state index in [9.17, 15) is 4.79 Å². The number of benzene rings is 2. The summed E-state index contributed by atoms with van der Waals surface area (Å²) >= 11 is 3.46. The number of rotatable bonds is 8. The Bertz CT molecular complexity index is 1000. The number of aromatic nitrogens is 1. The summed E-state index contributed by atoms with van der Waals surface area (Å²) in [5, 5.41) is 6.01. The van der Waals surface area contributed by atoms with E-state index in [0.717, 1.165) is 56.9 Å². The highest BCUT2D eigenvalue weighted by molar-refractivity contribution is 7.98. The molecule has 1 aliphatic rings. The van der Waals surface area contributed by atoms with Gasteiger partial charge in [-0.05, 0) is 42.3 Å². The van der Waals surface area contributed by atoms with Crippen molar-refractivity contribution in [3.05, 3.63) is 59.1 Å². The molecular formula is C22H22N2O3S2. The van der Waals surface area contributed by atoms with Crippen LogP contribution in [0, 0.1) is 0 Å². The van der Waals surface area contributed by atoms with E-state index in [-0.39, 0.29) is 5.91 Å². The third kappa shape index (κ3) is 5.10. The number of nitrogens with zero attached hydrogens (tertiary/aromatic N) is 1. The van der Waals surface area contributed by atoms with Gasteiger partial charge in [0, 0.05) is 34.6 Å². The van der Waals surface area contributed by atoms with E-state index in [1.54, 1.807) is 18.4 Å². The number of anilines is 1. The number of amides is 1. The van der Waals surface area contributed by atoms with E-state index in [1.807, 2.05) is 48.2 Å². The summed E-state index contributed by atoms with van der Waals surface area (Å²) in [5.41, 5.74) is 4.21. The second-order valence-corrected chi connectivity index (χ2v) is 8.61. The van der Waals surface area contributed by atoms with Crippen molar-refractivity contribution in [3.8, 4) is 22.1 Å². The Morgan fingerprint density at radius 1 is 1.17 bits per heavy atom. The molecule has 0 fully saturated rings. The van der Waals surface area contributed by atoms with Gasteiger partial charge < -0.3 is 14.8 Å². The fourth-order valence-electron chi connectivity index (χ4n) is 3.11. The zero-order valence-electron chi connectivity index (χ0n) is 16.1. The van der Waals surface area contributed by atoms with Crippen LogP contribution in [0.25, 0.3) is 10.6 Å². The van der Waals surface area contributed by atoms with Crippen molar-refractivity contribution in [2.24, 2.45) is 0 Å². The number of hydrogen-bond donors (Lipinski definition) is 1. The average Bonchev–Trinajstić information content (AvgIpc) is 3.22. The molecule has 1 aromatic heterocycles. The fourth-order valence-corrected chi connectivity index (χ4v) is 4.73. The number of carbonyl (C=O) groups excluding carboxylic acids is 1. The largest absolute Gasteiger partial charge is 0.497 e. The Morgan fingerprint density at radius 3 is 3.00 bits per heavy atom. The van der Waals surface area contributed by atoms with Crippen LogP contribution in [0.1, 0.15) is 17.7 Å². The topological polar surface area (TPSA) is 60.5 Å². The third-order valence-corrected chi connectivity index (χ3v) is 6.48.